The number of aliphatic carboxylic acids is 2. The van der Waals surface area contributed by atoms with Crippen molar-refractivity contribution in [3.63, 3.8) is 0 Å². The van der Waals surface area contributed by atoms with E-state index in [1.165, 1.54) is 0 Å². The number of carboxylic acids is 2. The zero-order chi connectivity index (χ0) is 12.8. The summed E-state index contributed by atoms with van der Waals surface area (Å²) in [7, 11) is 0. The Morgan fingerprint density at radius 1 is 0.882 bits per heavy atom. The molecule has 0 aromatic rings. The Balaban J connectivity index is 2.42. The van der Waals surface area contributed by atoms with Crippen LogP contribution in [0.25, 0.3) is 0 Å². The topological polar surface area (TPSA) is 74.6 Å². The van der Waals surface area contributed by atoms with E-state index in [4.69, 9.17) is 0 Å². The first-order valence-electron chi connectivity index (χ1n) is 6.33. The first-order chi connectivity index (χ1) is 7.86. The monoisotopic (exact) mass is 240 g/mol. The summed E-state index contributed by atoms with van der Waals surface area (Å²) in [6, 6.07) is 0. The molecule has 2 aliphatic carbocycles. The van der Waals surface area contributed by atoms with Gasteiger partial charge in [0.1, 0.15) is 0 Å². The summed E-state index contributed by atoms with van der Waals surface area (Å²) >= 11 is 0. The number of carboxylic acid groups (broad SMARTS) is 2. The van der Waals surface area contributed by atoms with Gasteiger partial charge in [0, 0.05) is 0 Å². The fourth-order valence-electron chi connectivity index (χ4n) is 4.13. The van der Waals surface area contributed by atoms with Crippen LogP contribution in [-0.4, -0.2) is 22.2 Å². The summed E-state index contributed by atoms with van der Waals surface area (Å²) in [6.07, 6.45) is 4.87. The third-order valence-corrected chi connectivity index (χ3v) is 5.47. The molecule has 2 fully saturated rings. The van der Waals surface area contributed by atoms with E-state index in [0.717, 1.165) is 32.1 Å². The van der Waals surface area contributed by atoms with Crippen molar-refractivity contribution in [2.45, 2.75) is 46.0 Å². The molecule has 4 atom stereocenters. The Labute approximate surface area is 101 Å². The van der Waals surface area contributed by atoms with Crippen LogP contribution in [0.3, 0.4) is 0 Å². The number of fused-ring (bicyclic) bond motifs is 1. The molecule has 0 radical (unpaired) electrons. The zero-order valence-electron chi connectivity index (χ0n) is 10.4. The van der Waals surface area contributed by atoms with Crippen LogP contribution in [0, 0.1) is 22.7 Å². The summed E-state index contributed by atoms with van der Waals surface area (Å²) in [5, 5.41) is 18.9. The normalized spacial score (nSPS) is 45.3. The Bertz CT molecular complexity index is 330. The van der Waals surface area contributed by atoms with E-state index < -0.39 is 22.8 Å². The Hall–Kier alpha value is -1.06. The van der Waals surface area contributed by atoms with E-state index in [2.05, 4.69) is 0 Å². The summed E-state index contributed by atoms with van der Waals surface area (Å²) in [5.41, 5.74) is -2.21. The van der Waals surface area contributed by atoms with Crippen LogP contribution < -0.4 is 0 Å². The van der Waals surface area contributed by atoms with E-state index in [9.17, 15) is 19.8 Å². The van der Waals surface area contributed by atoms with Gasteiger partial charge in [0.05, 0.1) is 10.8 Å². The van der Waals surface area contributed by atoms with Gasteiger partial charge >= 0.3 is 11.9 Å². The van der Waals surface area contributed by atoms with Crippen LogP contribution in [0.15, 0.2) is 0 Å². The van der Waals surface area contributed by atoms with Gasteiger partial charge in [-0.25, -0.2) is 0 Å². The number of rotatable bonds is 2. The van der Waals surface area contributed by atoms with E-state index in [1.54, 1.807) is 13.8 Å². The first kappa shape index (κ1) is 12.4. The fraction of sp³-hybridized carbons (Fsp3) is 0.846. The highest BCUT2D eigenvalue weighted by atomic mass is 16.4. The summed E-state index contributed by atoms with van der Waals surface area (Å²) in [4.78, 5) is 23.1. The molecule has 17 heavy (non-hydrogen) atoms. The molecule has 0 saturated heterocycles. The summed E-state index contributed by atoms with van der Waals surface area (Å²) in [5.74, 6) is -1.84. The molecule has 0 aliphatic heterocycles. The molecule has 0 spiro atoms. The second kappa shape index (κ2) is 3.72. The number of hydrogen-bond donors (Lipinski definition) is 2. The average molecular weight is 240 g/mol. The molecule has 96 valence electrons. The lowest BCUT2D eigenvalue weighted by Crippen LogP contribution is -2.69. The maximum atomic E-state index is 11.5. The molecular formula is C13H20O4. The highest BCUT2D eigenvalue weighted by molar-refractivity contribution is 5.89. The first-order valence-corrected chi connectivity index (χ1v) is 6.33. The van der Waals surface area contributed by atoms with Crippen LogP contribution in [0.4, 0.5) is 0 Å². The van der Waals surface area contributed by atoms with Crippen molar-refractivity contribution in [3.05, 3.63) is 0 Å². The molecule has 4 heteroatoms. The second-order valence-electron chi connectivity index (χ2n) is 5.87. The third-order valence-electron chi connectivity index (χ3n) is 5.47. The molecule has 4 unspecified atom stereocenters. The van der Waals surface area contributed by atoms with Crippen molar-refractivity contribution in [2.75, 3.05) is 0 Å². The van der Waals surface area contributed by atoms with Gasteiger partial charge in [-0.2, -0.15) is 0 Å². The molecule has 0 heterocycles. The van der Waals surface area contributed by atoms with Crippen molar-refractivity contribution in [1.29, 1.82) is 0 Å². The minimum atomic E-state index is -1.10. The van der Waals surface area contributed by atoms with Gasteiger partial charge in [-0.05, 0) is 38.5 Å². The lowest BCUT2D eigenvalue weighted by molar-refractivity contribution is -0.225. The molecule has 2 N–H and O–H groups in total. The van der Waals surface area contributed by atoms with Gasteiger partial charge in [-0.1, -0.05) is 19.3 Å². The fourth-order valence-corrected chi connectivity index (χ4v) is 4.13. The SMILES string of the molecule is CC1(C(=O)O)C2CCCCCC2C1(C)C(=O)O. The molecule has 0 aromatic carbocycles. The van der Waals surface area contributed by atoms with Gasteiger partial charge < -0.3 is 10.2 Å². The summed E-state index contributed by atoms with van der Waals surface area (Å²) < 4.78 is 0. The van der Waals surface area contributed by atoms with E-state index in [0.29, 0.717) is 0 Å². The quantitative estimate of drug-likeness (QED) is 0.777. The predicted octanol–water partition coefficient (Wildman–Crippen LogP) is 2.38. The summed E-state index contributed by atoms with van der Waals surface area (Å²) in [6.45, 7) is 3.24. The second-order valence-corrected chi connectivity index (χ2v) is 5.87. The van der Waals surface area contributed by atoms with Crippen LogP contribution in [0.1, 0.15) is 46.0 Å². The van der Waals surface area contributed by atoms with E-state index in [1.807, 2.05) is 0 Å². The largest absolute Gasteiger partial charge is 0.481 e. The van der Waals surface area contributed by atoms with Crippen LogP contribution in [0.5, 0.6) is 0 Å². The molecular weight excluding hydrogens is 220 g/mol. The average Bonchev–Trinajstić information content (AvgIpc) is 2.50. The van der Waals surface area contributed by atoms with Gasteiger partial charge in [-0.3, -0.25) is 9.59 Å². The third kappa shape index (κ3) is 1.30. The van der Waals surface area contributed by atoms with Crippen molar-refractivity contribution in [1.82, 2.24) is 0 Å². The highest BCUT2D eigenvalue weighted by Crippen LogP contribution is 2.68. The van der Waals surface area contributed by atoms with Crippen molar-refractivity contribution in [2.24, 2.45) is 22.7 Å². The molecule has 0 aromatic heterocycles. The lowest BCUT2D eigenvalue weighted by atomic mass is 9.38. The zero-order valence-corrected chi connectivity index (χ0v) is 10.4. The Kier molecular flexibility index (Phi) is 2.71. The molecule has 0 amide bonds. The minimum absolute atomic E-state index is 0.0311. The molecule has 2 saturated carbocycles. The van der Waals surface area contributed by atoms with Gasteiger partial charge in [0.15, 0.2) is 0 Å². The smallest absolute Gasteiger partial charge is 0.310 e. The molecule has 2 aliphatic rings. The minimum Gasteiger partial charge on any atom is -0.481 e. The van der Waals surface area contributed by atoms with E-state index >= 15 is 0 Å². The lowest BCUT2D eigenvalue weighted by Gasteiger charge is -2.62. The van der Waals surface area contributed by atoms with Gasteiger partial charge in [0.25, 0.3) is 0 Å². The van der Waals surface area contributed by atoms with Crippen molar-refractivity contribution < 1.29 is 19.8 Å². The standard InChI is InChI=1S/C13H20O4/c1-12(10(14)15)8-6-4-3-5-7-9(8)13(12,2)11(16)17/h8-9H,3-7H2,1-2H3,(H,14,15)(H,16,17). The number of carbonyl (C=O) groups is 2. The highest BCUT2D eigenvalue weighted by Gasteiger charge is 2.73. The van der Waals surface area contributed by atoms with Crippen molar-refractivity contribution in [3.8, 4) is 0 Å². The maximum absolute atomic E-state index is 11.5. The van der Waals surface area contributed by atoms with Crippen molar-refractivity contribution >= 4 is 11.9 Å². The predicted molar refractivity (Wildman–Crippen MR) is 61.6 cm³/mol. The van der Waals surface area contributed by atoms with E-state index in [-0.39, 0.29) is 11.8 Å². The maximum Gasteiger partial charge on any atom is 0.310 e. The van der Waals surface area contributed by atoms with Gasteiger partial charge in [-0.15, -0.1) is 0 Å². The molecule has 0 bridgehead atoms. The molecule has 2 rings (SSSR count). The van der Waals surface area contributed by atoms with Crippen LogP contribution in [0.2, 0.25) is 0 Å². The Morgan fingerprint density at radius 2 is 1.24 bits per heavy atom. The van der Waals surface area contributed by atoms with Crippen LogP contribution in [-0.2, 0) is 9.59 Å². The Morgan fingerprint density at radius 3 is 1.53 bits per heavy atom. The number of hydrogen-bond acceptors (Lipinski definition) is 2. The molecule has 4 nitrogen and oxygen atoms in total. The van der Waals surface area contributed by atoms with Gasteiger partial charge in [0.2, 0.25) is 0 Å². The van der Waals surface area contributed by atoms with Crippen LogP contribution >= 0.6 is 0 Å².